The summed E-state index contributed by atoms with van der Waals surface area (Å²) in [7, 11) is 0. The molecule has 0 aromatic carbocycles. The summed E-state index contributed by atoms with van der Waals surface area (Å²) in [5.41, 5.74) is 0. The summed E-state index contributed by atoms with van der Waals surface area (Å²) in [5.74, 6) is -1.43. The van der Waals surface area contributed by atoms with E-state index >= 15 is 0 Å². The van der Waals surface area contributed by atoms with Crippen LogP contribution in [0.4, 0.5) is 0 Å². The van der Waals surface area contributed by atoms with Gasteiger partial charge < -0.3 is 14.7 Å². The summed E-state index contributed by atoms with van der Waals surface area (Å²) in [4.78, 5) is 25.4. The number of aliphatic carboxylic acids is 1. The van der Waals surface area contributed by atoms with Crippen LogP contribution in [0, 0.1) is 5.92 Å². The summed E-state index contributed by atoms with van der Waals surface area (Å²) < 4.78 is 6.00. The molecule has 2 fully saturated rings. The Labute approximate surface area is 133 Å². The van der Waals surface area contributed by atoms with Crippen molar-refractivity contribution in [1.29, 1.82) is 0 Å². The smallest absolute Gasteiger partial charge is 0.308 e. The summed E-state index contributed by atoms with van der Waals surface area (Å²) in [5, 5.41) is 9.08. The second kappa shape index (κ2) is 7.95. The molecule has 22 heavy (non-hydrogen) atoms. The second-order valence-corrected chi connectivity index (χ2v) is 6.85. The summed E-state index contributed by atoms with van der Waals surface area (Å²) >= 11 is 0. The third kappa shape index (κ3) is 4.97. The molecule has 0 spiro atoms. The van der Waals surface area contributed by atoms with Gasteiger partial charge >= 0.3 is 5.97 Å². The van der Waals surface area contributed by atoms with Gasteiger partial charge in [0.25, 0.3) is 5.91 Å². The number of carbonyl (C=O) groups is 2. The molecule has 2 unspecified atom stereocenters. The van der Waals surface area contributed by atoms with Gasteiger partial charge in [-0.15, -0.1) is 0 Å². The minimum absolute atomic E-state index is 0.0418. The number of hydrogen-bond donors (Lipinski definition) is 1. The Morgan fingerprint density at radius 3 is 2.18 bits per heavy atom. The molecule has 0 radical (unpaired) electrons. The van der Waals surface area contributed by atoms with E-state index in [1.807, 2.05) is 6.92 Å². The van der Waals surface area contributed by atoms with E-state index in [1.165, 1.54) is 25.7 Å². The van der Waals surface area contributed by atoms with Crippen molar-refractivity contribution in [1.82, 2.24) is 4.90 Å². The van der Waals surface area contributed by atoms with E-state index in [0.717, 1.165) is 25.7 Å². The third-order valence-corrected chi connectivity index (χ3v) is 4.71. The van der Waals surface area contributed by atoms with Crippen molar-refractivity contribution < 1.29 is 19.4 Å². The fourth-order valence-corrected chi connectivity index (χ4v) is 3.14. The van der Waals surface area contributed by atoms with Gasteiger partial charge in [0, 0.05) is 12.6 Å². The zero-order chi connectivity index (χ0) is 16.1. The van der Waals surface area contributed by atoms with E-state index in [9.17, 15) is 9.59 Å². The van der Waals surface area contributed by atoms with Crippen LogP contribution in [0.5, 0.6) is 0 Å². The quantitative estimate of drug-likeness (QED) is 0.734. The number of nitrogens with zero attached hydrogens (tertiary/aromatic N) is 1. The van der Waals surface area contributed by atoms with Crippen molar-refractivity contribution in [3.63, 3.8) is 0 Å². The molecular weight excluding hydrogens is 282 g/mol. The van der Waals surface area contributed by atoms with Gasteiger partial charge in [0.05, 0.1) is 12.0 Å². The maximum atomic E-state index is 12.7. The van der Waals surface area contributed by atoms with Crippen LogP contribution in [0.3, 0.4) is 0 Å². The number of carboxylic acids is 1. The average molecular weight is 311 g/mol. The lowest BCUT2D eigenvalue weighted by molar-refractivity contribution is -0.150. The normalized spacial score (nSPS) is 22.6. The molecule has 0 saturated heterocycles. The Bertz CT molecular complexity index is 386. The highest BCUT2D eigenvalue weighted by Crippen LogP contribution is 2.29. The molecule has 1 amide bonds. The minimum Gasteiger partial charge on any atom is -0.481 e. The van der Waals surface area contributed by atoms with Gasteiger partial charge in [0.15, 0.2) is 0 Å². The molecule has 0 aromatic rings. The predicted octanol–water partition coefficient (Wildman–Crippen LogP) is 2.83. The van der Waals surface area contributed by atoms with E-state index in [1.54, 1.807) is 11.8 Å². The van der Waals surface area contributed by atoms with E-state index in [0.29, 0.717) is 0 Å². The van der Waals surface area contributed by atoms with E-state index in [4.69, 9.17) is 9.84 Å². The number of ether oxygens (including phenoxy) is 1. The molecule has 0 aliphatic heterocycles. The van der Waals surface area contributed by atoms with Crippen LogP contribution >= 0.6 is 0 Å². The fourth-order valence-electron chi connectivity index (χ4n) is 3.14. The molecule has 5 heteroatoms. The fraction of sp³-hybridized carbons (Fsp3) is 0.882. The first-order chi connectivity index (χ1) is 10.5. The molecule has 0 aromatic heterocycles. The third-order valence-electron chi connectivity index (χ3n) is 4.71. The molecule has 2 atom stereocenters. The lowest BCUT2D eigenvalue weighted by Crippen LogP contribution is -2.44. The number of carbonyl (C=O) groups excluding carboxylic acids is 1. The molecule has 1 N–H and O–H groups in total. The Hall–Kier alpha value is -1.10. The zero-order valence-corrected chi connectivity index (χ0v) is 13.8. The van der Waals surface area contributed by atoms with Crippen molar-refractivity contribution in [2.75, 3.05) is 6.54 Å². The highest BCUT2D eigenvalue weighted by molar-refractivity contribution is 5.82. The standard InChI is InChI=1S/C17H29NO4/c1-12(17(20)21)11-18(14-9-10-14)16(19)13(2)22-15-7-5-3-4-6-8-15/h12-15H,3-11H2,1-2H3,(H,20,21). The first-order valence-corrected chi connectivity index (χ1v) is 8.67. The highest BCUT2D eigenvalue weighted by atomic mass is 16.5. The van der Waals surface area contributed by atoms with Gasteiger partial charge in [-0.05, 0) is 32.6 Å². The van der Waals surface area contributed by atoms with Gasteiger partial charge in [-0.3, -0.25) is 9.59 Å². The predicted molar refractivity (Wildman–Crippen MR) is 83.6 cm³/mol. The largest absolute Gasteiger partial charge is 0.481 e. The summed E-state index contributed by atoms with van der Waals surface area (Å²) in [6, 6.07) is 0.217. The minimum atomic E-state index is -0.851. The van der Waals surface area contributed by atoms with Gasteiger partial charge in [0.2, 0.25) is 0 Å². The van der Waals surface area contributed by atoms with Crippen molar-refractivity contribution >= 4 is 11.9 Å². The SMILES string of the molecule is CC(CN(C(=O)C(C)OC1CCCCCC1)C1CC1)C(=O)O. The Kier molecular flexibility index (Phi) is 6.24. The molecule has 5 nitrogen and oxygen atoms in total. The van der Waals surface area contributed by atoms with Gasteiger partial charge in [-0.25, -0.2) is 0 Å². The molecule has 0 heterocycles. The van der Waals surface area contributed by atoms with E-state index in [2.05, 4.69) is 0 Å². The molecule has 2 rings (SSSR count). The number of amides is 1. The van der Waals surface area contributed by atoms with Crippen molar-refractivity contribution in [2.24, 2.45) is 5.92 Å². The molecule has 2 aliphatic carbocycles. The number of carboxylic acid groups (broad SMARTS) is 1. The highest BCUT2D eigenvalue weighted by Gasteiger charge is 2.37. The van der Waals surface area contributed by atoms with Gasteiger partial charge in [0.1, 0.15) is 6.10 Å². The van der Waals surface area contributed by atoms with Gasteiger partial charge in [-0.1, -0.05) is 32.6 Å². The van der Waals surface area contributed by atoms with Crippen LogP contribution in [0.25, 0.3) is 0 Å². The molecule has 126 valence electrons. The topological polar surface area (TPSA) is 66.8 Å². The zero-order valence-electron chi connectivity index (χ0n) is 13.8. The van der Waals surface area contributed by atoms with Crippen LogP contribution in [0.1, 0.15) is 65.2 Å². The maximum Gasteiger partial charge on any atom is 0.308 e. The van der Waals surface area contributed by atoms with Crippen LogP contribution in [0.15, 0.2) is 0 Å². The summed E-state index contributed by atoms with van der Waals surface area (Å²) in [6.45, 7) is 3.76. The molecule has 0 bridgehead atoms. The maximum absolute atomic E-state index is 12.7. The van der Waals surface area contributed by atoms with Crippen molar-refractivity contribution in [3.8, 4) is 0 Å². The number of rotatable bonds is 7. The Balaban J connectivity index is 1.89. The van der Waals surface area contributed by atoms with Crippen molar-refractivity contribution in [3.05, 3.63) is 0 Å². The van der Waals surface area contributed by atoms with Gasteiger partial charge in [-0.2, -0.15) is 0 Å². The van der Waals surface area contributed by atoms with E-state index < -0.39 is 18.0 Å². The Morgan fingerprint density at radius 1 is 1.09 bits per heavy atom. The first-order valence-electron chi connectivity index (χ1n) is 8.67. The average Bonchev–Trinajstić information content (AvgIpc) is 3.31. The van der Waals surface area contributed by atoms with Crippen molar-refractivity contribution in [2.45, 2.75) is 83.5 Å². The summed E-state index contributed by atoms with van der Waals surface area (Å²) in [6.07, 6.45) is 8.60. The second-order valence-electron chi connectivity index (χ2n) is 6.85. The Morgan fingerprint density at radius 2 is 1.68 bits per heavy atom. The lowest BCUT2D eigenvalue weighted by atomic mass is 10.1. The van der Waals surface area contributed by atoms with Crippen LogP contribution in [0.2, 0.25) is 0 Å². The van der Waals surface area contributed by atoms with Crippen LogP contribution in [-0.2, 0) is 14.3 Å². The molecule has 2 saturated carbocycles. The number of hydrogen-bond acceptors (Lipinski definition) is 3. The molecular formula is C17H29NO4. The van der Waals surface area contributed by atoms with Crippen LogP contribution < -0.4 is 0 Å². The molecule has 2 aliphatic rings. The first kappa shape index (κ1) is 17.3. The monoisotopic (exact) mass is 311 g/mol. The van der Waals surface area contributed by atoms with E-state index in [-0.39, 0.29) is 24.6 Å². The lowest BCUT2D eigenvalue weighted by Gasteiger charge is -2.29. The van der Waals surface area contributed by atoms with Crippen LogP contribution in [-0.4, -0.2) is 46.7 Å².